The lowest BCUT2D eigenvalue weighted by atomic mass is 9.97. The lowest BCUT2D eigenvalue weighted by molar-refractivity contribution is 0.174. The number of nitrogens with zero attached hydrogens (tertiary/aromatic N) is 3. The van der Waals surface area contributed by atoms with E-state index in [-0.39, 0.29) is 0 Å². The van der Waals surface area contributed by atoms with Crippen LogP contribution < -0.4 is 5.73 Å². The van der Waals surface area contributed by atoms with Gasteiger partial charge in [-0.3, -0.25) is 9.58 Å². The van der Waals surface area contributed by atoms with Gasteiger partial charge in [0.2, 0.25) is 0 Å². The lowest BCUT2D eigenvalue weighted by Gasteiger charge is -2.31. The molecule has 1 unspecified atom stereocenters. The molecule has 2 rings (SSSR count). The van der Waals surface area contributed by atoms with Crippen molar-refractivity contribution in [3.05, 3.63) is 18.0 Å². The summed E-state index contributed by atoms with van der Waals surface area (Å²) in [6, 6.07) is 0.526. The van der Waals surface area contributed by atoms with Gasteiger partial charge in [0.15, 0.2) is 0 Å². The third-order valence-corrected chi connectivity index (χ3v) is 3.94. The largest absolute Gasteiger partial charge is 0.329 e. The molecule has 0 aliphatic heterocycles. The Morgan fingerprint density at radius 2 is 2.24 bits per heavy atom. The number of rotatable bonds is 5. The summed E-state index contributed by atoms with van der Waals surface area (Å²) in [5.74, 6) is 0.793. The van der Waals surface area contributed by atoms with Gasteiger partial charge in [-0.15, -0.1) is 0 Å². The Labute approximate surface area is 104 Å². The SMILES string of the molecule is CN(Cc1cnn(C)c1)C(CN)C1CCCC1. The van der Waals surface area contributed by atoms with Crippen LogP contribution in [0.5, 0.6) is 0 Å². The zero-order valence-electron chi connectivity index (χ0n) is 11.0. The number of hydrogen-bond donors (Lipinski definition) is 1. The van der Waals surface area contributed by atoms with Gasteiger partial charge in [-0.2, -0.15) is 5.10 Å². The summed E-state index contributed by atoms with van der Waals surface area (Å²) in [6.45, 7) is 1.72. The van der Waals surface area contributed by atoms with E-state index in [9.17, 15) is 0 Å². The van der Waals surface area contributed by atoms with Gasteiger partial charge in [-0.25, -0.2) is 0 Å². The molecule has 4 heteroatoms. The molecular weight excluding hydrogens is 212 g/mol. The summed E-state index contributed by atoms with van der Waals surface area (Å²) in [5.41, 5.74) is 7.22. The Hall–Kier alpha value is -0.870. The molecule has 1 aromatic rings. The molecule has 1 saturated carbocycles. The van der Waals surface area contributed by atoms with Gasteiger partial charge in [0.1, 0.15) is 0 Å². The van der Waals surface area contributed by atoms with Gasteiger partial charge >= 0.3 is 0 Å². The van der Waals surface area contributed by atoms with Crippen LogP contribution >= 0.6 is 0 Å². The quantitative estimate of drug-likeness (QED) is 0.840. The predicted octanol–water partition coefficient (Wildman–Crippen LogP) is 1.37. The van der Waals surface area contributed by atoms with Crippen molar-refractivity contribution in [3.8, 4) is 0 Å². The van der Waals surface area contributed by atoms with Gasteiger partial charge < -0.3 is 5.73 Å². The van der Waals surface area contributed by atoms with Crippen LogP contribution in [-0.4, -0.2) is 34.3 Å². The first kappa shape index (κ1) is 12.6. The third-order valence-electron chi connectivity index (χ3n) is 3.94. The Balaban J connectivity index is 1.94. The summed E-state index contributed by atoms with van der Waals surface area (Å²) in [6.07, 6.45) is 9.47. The summed E-state index contributed by atoms with van der Waals surface area (Å²) >= 11 is 0. The van der Waals surface area contributed by atoms with Crippen molar-refractivity contribution in [2.75, 3.05) is 13.6 Å². The standard InChI is InChI=1S/C13H24N4/c1-16(9-11-8-15-17(2)10-11)13(7-14)12-5-3-4-6-12/h8,10,12-13H,3-7,9,14H2,1-2H3. The Morgan fingerprint density at radius 1 is 1.53 bits per heavy atom. The summed E-state index contributed by atoms with van der Waals surface area (Å²) in [4.78, 5) is 2.40. The van der Waals surface area contributed by atoms with Crippen LogP contribution in [0.2, 0.25) is 0 Å². The molecule has 4 nitrogen and oxygen atoms in total. The summed E-state index contributed by atoms with van der Waals surface area (Å²) in [5, 5.41) is 4.21. The second kappa shape index (κ2) is 5.65. The molecule has 2 N–H and O–H groups in total. The minimum Gasteiger partial charge on any atom is -0.329 e. The average molecular weight is 236 g/mol. The Kier molecular flexibility index (Phi) is 4.18. The maximum Gasteiger partial charge on any atom is 0.0534 e. The minimum atomic E-state index is 0.526. The smallest absolute Gasteiger partial charge is 0.0534 e. The summed E-state index contributed by atoms with van der Waals surface area (Å²) in [7, 11) is 4.14. The molecular formula is C13H24N4. The second-order valence-corrected chi connectivity index (χ2v) is 5.28. The molecule has 0 saturated heterocycles. The molecule has 0 aromatic carbocycles. The normalized spacial score (nSPS) is 19.1. The fourth-order valence-electron chi connectivity index (χ4n) is 3.03. The van der Waals surface area contributed by atoms with Gasteiger partial charge in [0.25, 0.3) is 0 Å². The number of aryl methyl sites for hydroxylation is 1. The Bertz CT molecular complexity index is 341. The number of nitrogens with two attached hydrogens (primary N) is 1. The highest BCUT2D eigenvalue weighted by Crippen LogP contribution is 2.29. The van der Waals surface area contributed by atoms with Crippen molar-refractivity contribution >= 4 is 0 Å². The van der Waals surface area contributed by atoms with E-state index in [1.165, 1.54) is 31.2 Å². The Morgan fingerprint density at radius 3 is 2.76 bits per heavy atom. The van der Waals surface area contributed by atoms with Crippen LogP contribution in [0.15, 0.2) is 12.4 Å². The first-order valence-corrected chi connectivity index (χ1v) is 6.58. The van der Waals surface area contributed by atoms with Crippen molar-refractivity contribution in [3.63, 3.8) is 0 Å². The van der Waals surface area contributed by atoms with Crippen molar-refractivity contribution in [1.29, 1.82) is 0 Å². The third kappa shape index (κ3) is 3.07. The second-order valence-electron chi connectivity index (χ2n) is 5.28. The topological polar surface area (TPSA) is 47.1 Å². The van der Waals surface area contributed by atoms with E-state index in [1.54, 1.807) is 0 Å². The molecule has 0 radical (unpaired) electrons. The van der Waals surface area contributed by atoms with Crippen LogP contribution in [0.3, 0.4) is 0 Å². The van der Waals surface area contributed by atoms with E-state index >= 15 is 0 Å². The number of aromatic nitrogens is 2. The molecule has 17 heavy (non-hydrogen) atoms. The minimum absolute atomic E-state index is 0.526. The van der Waals surface area contributed by atoms with E-state index in [4.69, 9.17) is 5.73 Å². The highest BCUT2D eigenvalue weighted by Gasteiger charge is 2.26. The fraction of sp³-hybridized carbons (Fsp3) is 0.769. The van der Waals surface area contributed by atoms with Crippen LogP contribution in [0, 0.1) is 5.92 Å². The average Bonchev–Trinajstić information content (AvgIpc) is 2.92. The first-order chi connectivity index (χ1) is 8.20. The molecule has 0 spiro atoms. The zero-order valence-corrected chi connectivity index (χ0v) is 11.0. The van der Waals surface area contributed by atoms with Crippen LogP contribution in [0.25, 0.3) is 0 Å². The maximum absolute atomic E-state index is 5.95. The van der Waals surface area contributed by atoms with E-state index in [0.29, 0.717) is 6.04 Å². The maximum atomic E-state index is 5.95. The lowest BCUT2D eigenvalue weighted by Crippen LogP contribution is -2.42. The molecule has 1 aliphatic rings. The molecule has 1 atom stereocenters. The van der Waals surface area contributed by atoms with Gasteiger partial charge in [0, 0.05) is 37.9 Å². The van der Waals surface area contributed by atoms with Crippen molar-refractivity contribution in [2.45, 2.75) is 38.3 Å². The van der Waals surface area contributed by atoms with E-state index in [1.807, 2.05) is 17.9 Å². The summed E-state index contributed by atoms with van der Waals surface area (Å²) < 4.78 is 1.86. The zero-order chi connectivity index (χ0) is 12.3. The van der Waals surface area contributed by atoms with Crippen molar-refractivity contribution < 1.29 is 0 Å². The van der Waals surface area contributed by atoms with Crippen LogP contribution in [-0.2, 0) is 13.6 Å². The molecule has 1 aromatic heterocycles. The van der Waals surface area contributed by atoms with Crippen LogP contribution in [0.4, 0.5) is 0 Å². The van der Waals surface area contributed by atoms with E-state index < -0.39 is 0 Å². The highest BCUT2D eigenvalue weighted by atomic mass is 15.2. The van der Waals surface area contributed by atoms with Crippen molar-refractivity contribution in [1.82, 2.24) is 14.7 Å². The van der Waals surface area contributed by atoms with E-state index in [0.717, 1.165) is 19.0 Å². The van der Waals surface area contributed by atoms with Gasteiger partial charge in [-0.1, -0.05) is 12.8 Å². The van der Waals surface area contributed by atoms with Crippen LogP contribution in [0.1, 0.15) is 31.2 Å². The van der Waals surface area contributed by atoms with Crippen molar-refractivity contribution in [2.24, 2.45) is 18.7 Å². The number of likely N-dealkylation sites (N-methyl/N-ethyl adjacent to an activating group) is 1. The predicted molar refractivity (Wildman–Crippen MR) is 69.5 cm³/mol. The molecule has 0 amide bonds. The van der Waals surface area contributed by atoms with E-state index in [2.05, 4.69) is 23.2 Å². The molecule has 1 heterocycles. The number of hydrogen-bond acceptors (Lipinski definition) is 3. The molecule has 1 aliphatic carbocycles. The van der Waals surface area contributed by atoms with Gasteiger partial charge in [0.05, 0.1) is 6.20 Å². The first-order valence-electron chi connectivity index (χ1n) is 6.58. The van der Waals surface area contributed by atoms with Gasteiger partial charge in [-0.05, 0) is 25.8 Å². The monoisotopic (exact) mass is 236 g/mol. The fourth-order valence-corrected chi connectivity index (χ4v) is 3.03. The highest BCUT2D eigenvalue weighted by molar-refractivity contribution is 5.03. The molecule has 0 bridgehead atoms. The molecule has 96 valence electrons. The molecule has 1 fully saturated rings.